The summed E-state index contributed by atoms with van der Waals surface area (Å²) in [6.07, 6.45) is 14.2. The molecule has 65 heavy (non-hydrogen) atoms. The van der Waals surface area contributed by atoms with Gasteiger partial charge in [0.1, 0.15) is 10.3 Å². The molecule has 2 N–H and O–H groups in total. The van der Waals surface area contributed by atoms with Crippen LogP contribution in [0.2, 0.25) is 10.3 Å². The molecule has 0 bridgehead atoms. The van der Waals surface area contributed by atoms with Crippen LogP contribution in [-0.4, -0.2) is 75.9 Å². The molecule has 2 unspecified atom stereocenters. The number of pyridine rings is 4. The monoisotopic (exact) mass is 968 g/mol. The number of benzene rings is 2. The van der Waals surface area contributed by atoms with Crippen molar-refractivity contribution < 1.29 is 29.3 Å². The lowest BCUT2D eigenvalue weighted by molar-refractivity contribution is 0.0587. The number of nitrogens with zero attached hydrogens (tertiary/aromatic N) is 8. The molecule has 0 fully saturated rings. The average molecular weight is 971 g/mol. The molecule has 14 nitrogen and oxygen atoms in total. The van der Waals surface area contributed by atoms with Gasteiger partial charge in [0.2, 0.25) is 0 Å². The predicted octanol–water partition coefficient (Wildman–Crippen LogP) is 7.91. The number of esters is 2. The topological polar surface area (TPSA) is 180 Å². The summed E-state index contributed by atoms with van der Waals surface area (Å²) in [6.45, 7) is 0. The van der Waals surface area contributed by atoms with Crippen molar-refractivity contribution in [2.45, 2.75) is 36.9 Å². The fraction of sp³-hybridized carbons (Fsp3) is 0.167. The van der Waals surface area contributed by atoms with E-state index in [9.17, 15) is 19.8 Å². The number of methoxy groups -OCH3 is 2. The third kappa shape index (κ3) is 9.06. The minimum Gasteiger partial charge on any atom is -0.464 e. The van der Waals surface area contributed by atoms with E-state index < -0.39 is 23.1 Å². The van der Waals surface area contributed by atoms with Crippen molar-refractivity contribution >= 4 is 72.9 Å². The Morgan fingerprint density at radius 3 is 1.74 bits per heavy atom. The fourth-order valence-corrected chi connectivity index (χ4v) is 8.21. The van der Waals surface area contributed by atoms with Crippen LogP contribution >= 0.6 is 39.1 Å². The van der Waals surface area contributed by atoms with Crippen LogP contribution in [0.5, 0.6) is 0 Å². The first kappa shape index (κ1) is 44.6. The summed E-state index contributed by atoms with van der Waals surface area (Å²) >= 11 is 15.5. The summed E-state index contributed by atoms with van der Waals surface area (Å²) < 4.78 is 13.8. The van der Waals surface area contributed by atoms with Gasteiger partial charge in [0.15, 0.2) is 22.6 Å². The van der Waals surface area contributed by atoms with E-state index in [0.29, 0.717) is 62.4 Å². The summed E-state index contributed by atoms with van der Waals surface area (Å²) in [7, 11) is 2.61. The lowest BCUT2D eigenvalue weighted by atomic mass is 10.0. The maximum atomic E-state index is 12.2. The smallest absolute Gasteiger partial charge is 0.359 e. The highest BCUT2D eigenvalue weighted by Gasteiger charge is 2.37. The summed E-state index contributed by atoms with van der Waals surface area (Å²) in [5.41, 5.74) is 4.78. The molecule has 10 rings (SSSR count). The second-order valence-corrected chi connectivity index (χ2v) is 16.4. The van der Waals surface area contributed by atoms with Gasteiger partial charge in [-0.15, -0.1) is 6.42 Å². The molecular formula is C48H35BrCl2N8O6. The number of hydrogen-bond donors (Lipinski definition) is 2. The van der Waals surface area contributed by atoms with Gasteiger partial charge < -0.3 is 19.7 Å². The molecule has 8 aromatic rings. The number of halogens is 3. The van der Waals surface area contributed by atoms with E-state index in [-0.39, 0.29) is 16.5 Å². The number of hydrogen-bond acceptors (Lipinski definition) is 12. The van der Waals surface area contributed by atoms with Gasteiger partial charge in [-0.2, -0.15) is 10.2 Å². The highest BCUT2D eigenvalue weighted by molar-refractivity contribution is 9.10. The molecule has 17 heteroatoms. The predicted molar refractivity (Wildman–Crippen MR) is 247 cm³/mol. The molecular weight excluding hydrogens is 935 g/mol. The van der Waals surface area contributed by atoms with Gasteiger partial charge in [0.05, 0.1) is 58.8 Å². The first-order chi connectivity index (χ1) is 31.3. The maximum absolute atomic E-state index is 12.2. The second kappa shape index (κ2) is 18.6. The Labute approximate surface area is 390 Å². The number of ether oxygens (including phenoxy) is 2. The Balaban J connectivity index is 0.000000149. The number of aliphatic hydroxyl groups is 2. The van der Waals surface area contributed by atoms with Crippen LogP contribution in [-0.2, 0) is 33.5 Å². The van der Waals surface area contributed by atoms with Crippen molar-refractivity contribution in [3.05, 3.63) is 164 Å². The van der Waals surface area contributed by atoms with E-state index in [1.54, 1.807) is 33.9 Å². The van der Waals surface area contributed by atoms with Crippen LogP contribution < -0.4 is 0 Å². The number of aryl methyl sites for hydroxylation is 2. The van der Waals surface area contributed by atoms with Crippen molar-refractivity contribution in [1.82, 2.24) is 39.5 Å². The normalized spacial score (nSPS) is 16.7. The zero-order valence-corrected chi connectivity index (χ0v) is 37.6. The third-order valence-electron chi connectivity index (χ3n) is 10.7. The van der Waals surface area contributed by atoms with Crippen LogP contribution in [0.15, 0.2) is 114 Å². The van der Waals surface area contributed by atoms with E-state index in [1.165, 1.54) is 26.6 Å². The van der Waals surface area contributed by atoms with Crippen LogP contribution in [0.1, 0.15) is 61.9 Å². The quantitative estimate of drug-likeness (QED) is 0.0991. The average Bonchev–Trinajstić information content (AvgIpc) is 4.09. The number of carbonyl (C=O) groups is 2. The number of terminal acetylenes is 1. The summed E-state index contributed by atoms with van der Waals surface area (Å²) in [5.74, 6) is 7.37. The number of rotatable bonds is 4. The van der Waals surface area contributed by atoms with Crippen molar-refractivity contribution in [2.24, 2.45) is 0 Å². The van der Waals surface area contributed by atoms with Crippen LogP contribution in [0.25, 0.3) is 33.2 Å². The number of fused-ring (bicyclic) bond motifs is 4. The Hall–Kier alpha value is -6.98. The molecule has 0 saturated heterocycles. The fourth-order valence-electron chi connectivity index (χ4n) is 7.51. The first-order valence-electron chi connectivity index (χ1n) is 19.8. The lowest BCUT2D eigenvalue weighted by Crippen LogP contribution is -2.20. The standard InChI is InChI=1S/C24H17ClN4O3.C14H9BrClN3O2.C10H9NO/c1-32-23(30)21-18-14-27-20(25)13-19(18)29(28-21)17-6-2-4-15(12-17)7-9-24(31)10-8-16-5-3-11-26-22(16)24;1-21-14(20)13-10-7-17-12(16)6-11(10)19(18-13)9-4-2-3-8(15)5-9;1-2-10(12)6-5-8-4-3-7-11-9(8)10/h2-6,11-14,31H,8,10H2,1H3;2-7H,1H3;1,3-4,7,12H,5-6H2. The zero-order valence-electron chi connectivity index (χ0n) is 34.5. The van der Waals surface area contributed by atoms with Gasteiger partial charge in [-0.25, -0.2) is 28.9 Å². The van der Waals surface area contributed by atoms with E-state index in [4.69, 9.17) is 39.1 Å². The van der Waals surface area contributed by atoms with Gasteiger partial charge in [-0.05, 0) is 85.3 Å². The Kier molecular flexibility index (Phi) is 12.8. The van der Waals surface area contributed by atoms with Crippen molar-refractivity contribution in [3.8, 4) is 35.6 Å². The molecule has 2 aromatic carbocycles. The molecule has 6 heterocycles. The lowest BCUT2D eigenvalue weighted by Gasteiger charge is -2.15. The van der Waals surface area contributed by atoms with Crippen LogP contribution in [0.4, 0.5) is 0 Å². The summed E-state index contributed by atoms with van der Waals surface area (Å²) in [5, 5.41) is 31.4. The van der Waals surface area contributed by atoms with Gasteiger partial charge in [0, 0.05) is 47.0 Å². The van der Waals surface area contributed by atoms with Crippen molar-refractivity contribution in [2.75, 3.05) is 14.2 Å². The molecule has 324 valence electrons. The molecule has 0 amide bonds. The van der Waals surface area contributed by atoms with Gasteiger partial charge in [-0.3, -0.25) is 9.97 Å². The Morgan fingerprint density at radius 1 is 0.708 bits per heavy atom. The highest BCUT2D eigenvalue weighted by Crippen LogP contribution is 2.36. The SMILES string of the molecule is C#CC1(O)CCc2cccnc21.COC(=O)c1nn(-c2cccc(Br)c2)c2cc(Cl)ncc12.COC(=O)c1nn(-c2cccc(C#CC3(O)CCc4cccnc43)c2)c2cc(Cl)ncc12. The second-order valence-electron chi connectivity index (χ2n) is 14.7. The van der Waals surface area contributed by atoms with Gasteiger partial charge in [0.25, 0.3) is 0 Å². The van der Waals surface area contributed by atoms with E-state index in [0.717, 1.165) is 34.1 Å². The summed E-state index contributed by atoms with van der Waals surface area (Å²) in [4.78, 5) is 40.5. The highest BCUT2D eigenvalue weighted by atomic mass is 79.9. The van der Waals surface area contributed by atoms with Crippen LogP contribution in [0, 0.1) is 24.2 Å². The molecule has 2 aliphatic rings. The largest absolute Gasteiger partial charge is 0.464 e. The molecule has 0 aliphatic heterocycles. The Bertz CT molecular complexity index is 3270. The molecule has 0 saturated carbocycles. The van der Waals surface area contributed by atoms with Crippen molar-refractivity contribution in [3.63, 3.8) is 0 Å². The minimum absolute atomic E-state index is 0.145. The summed E-state index contributed by atoms with van der Waals surface area (Å²) in [6, 6.07) is 25.8. The van der Waals surface area contributed by atoms with Crippen LogP contribution in [0.3, 0.4) is 0 Å². The minimum atomic E-state index is -1.28. The maximum Gasteiger partial charge on any atom is 0.359 e. The third-order valence-corrected chi connectivity index (χ3v) is 11.6. The Morgan fingerprint density at radius 2 is 1.22 bits per heavy atom. The number of carbonyl (C=O) groups excluding carboxylic acids is 2. The van der Waals surface area contributed by atoms with E-state index in [1.807, 2.05) is 72.8 Å². The van der Waals surface area contributed by atoms with Gasteiger partial charge in [-0.1, -0.05) is 81.2 Å². The van der Waals surface area contributed by atoms with Crippen molar-refractivity contribution in [1.29, 1.82) is 0 Å². The zero-order chi connectivity index (χ0) is 45.9. The van der Waals surface area contributed by atoms with Gasteiger partial charge >= 0.3 is 11.9 Å². The van der Waals surface area contributed by atoms with E-state index >= 15 is 0 Å². The molecule has 0 radical (unpaired) electrons. The van der Waals surface area contributed by atoms with E-state index in [2.05, 4.69) is 63.8 Å². The molecule has 2 aliphatic carbocycles. The first-order valence-corrected chi connectivity index (χ1v) is 21.4. The molecule has 6 aromatic heterocycles. The molecule has 2 atom stereocenters. The molecule has 0 spiro atoms. The number of aromatic nitrogens is 8.